The zero-order chi connectivity index (χ0) is 22.7. The fourth-order valence-corrected chi connectivity index (χ4v) is 5.11. The Kier molecular flexibility index (Phi) is 4.47. The van der Waals surface area contributed by atoms with E-state index >= 15 is 0 Å². The van der Waals surface area contributed by atoms with Crippen molar-refractivity contribution in [1.29, 1.82) is 0 Å². The number of carbonyl (C=O) groups is 3. The van der Waals surface area contributed by atoms with Gasteiger partial charge in [0.05, 0.1) is 22.9 Å². The Hall–Kier alpha value is -3.74. The molecule has 0 unspecified atom stereocenters. The monoisotopic (exact) mass is 440 g/mol. The molecule has 1 fully saturated rings. The Balaban J connectivity index is 1.28. The van der Waals surface area contributed by atoms with E-state index in [4.69, 9.17) is 0 Å². The molecule has 0 saturated heterocycles. The van der Waals surface area contributed by atoms with Crippen LogP contribution in [0.25, 0.3) is 11.3 Å². The van der Waals surface area contributed by atoms with E-state index in [1.54, 1.807) is 30.5 Å². The molecule has 7 nitrogen and oxygen atoms in total. The van der Waals surface area contributed by atoms with Gasteiger partial charge in [-0.25, -0.2) is 0 Å². The summed E-state index contributed by atoms with van der Waals surface area (Å²) < 4.78 is 1.81. The second kappa shape index (κ2) is 7.40. The van der Waals surface area contributed by atoms with Gasteiger partial charge in [0.15, 0.2) is 0 Å². The van der Waals surface area contributed by atoms with Crippen molar-refractivity contribution in [2.24, 2.45) is 13.0 Å². The molecule has 3 heterocycles. The summed E-state index contributed by atoms with van der Waals surface area (Å²) in [5, 5.41) is 4.24. The van der Waals surface area contributed by atoms with E-state index < -0.39 is 0 Å². The van der Waals surface area contributed by atoms with Crippen molar-refractivity contribution in [2.45, 2.75) is 31.8 Å². The van der Waals surface area contributed by atoms with Gasteiger partial charge in [0, 0.05) is 37.5 Å². The highest BCUT2D eigenvalue weighted by Gasteiger charge is 2.41. The van der Waals surface area contributed by atoms with Crippen LogP contribution >= 0.6 is 0 Å². The Bertz CT molecular complexity index is 1270. The van der Waals surface area contributed by atoms with Crippen molar-refractivity contribution in [3.63, 3.8) is 0 Å². The summed E-state index contributed by atoms with van der Waals surface area (Å²) in [6.07, 6.45) is 4.84. The molecule has 6 rings (SSSR count). The Morgan fingerprint density at radius 3 is 2.30 bits per heavy atom. The van der Waals surface area contributed by atoms with E-state index in [0.29, 0.717) is 29.2 Å². The lowest BCUT2D eigenvalue weighted by Crippen LogP contribution is -2.46. The van der Waals surface area contributed by atoms with Crippen LogP contribution in [0.15, 0.2) is 54.7 Å². The summed E-state index contributed by atoms with van der Waals surface area (Å²) in [5.74, 6) is -0.00591. The van der Waals surface area contributed by atoms with Gasteiger partial charge in [-0.1, -0.05) is 31.0 Å². The van der Waals surface area contributed by atoms with E-state index in [9.17, 15) is 14.4 Å². The van der Waals surface area contributed by atoms with Crippen LogP contribution in [0, 0.1) is 5.92 Å². The van der Waals surface area contributed by atoms with Crippen molar-refractivity contribution in [2.75, 3.05) is 6.54 Å². The van der Waals surface area contributed by atoms with Crippen LogP contribution in [0.2, 0.25) is 0 Å². The number of fused-ring (bicyclic) bond motifs is 2. The number of benzene rings is 2. The average molecular weight is 441 g/mol. The molecule has 33 heavy (non-hydrogen) atoms. The highest BCUT2D eigenvalue weighted by molar-refractivity contribution is 6.21. The summed E-state index contributed by atoms with van der Waals surface area (Å²) in [5.41, 5.74) is 4.58. The first-order chi connectivity index (χ1) is 16.0. The molecule has 3 amide bonds. The Morgan fingerprint density at radius 2 is 1.67 bits per heavy atom. The second-order valence-corrected chi connectivity index (χ2v) is 9.24. The molecule has 7 heteroatoms. The van der Waals surface area contributed by atoms with Gasteiger partial charge in [0.1, 0.15) is 0 Å². The summed E-state index contributed by atoms with van der Waals surface area (Å²) in [6, 6.07) is 14.6. The summed E-state index contributed by atoms with van der Waals surface area (Å²) >= 11 is 0. The van der Waals surface area contributed by atoms with E-state index in [-0.39, 0.29) is 30.3 Å². The van der Waals surface area contributed by atoms with Crippen molar-refractivity contribution in [3.05, 3.63) is 77.0 Å². The van der Waals surface area contributed by atoms with Crippen LogP contribution in [-0.4, -0.2) is 49.9 Å². The SMILES string of the molecule is Cn1nccc1-c1ccc2c(c1)CN([C@H](CC1CC1)CN1C(=O)c3ccccc3C1=O)C2=O. The Labute approximate surface area is 191 Å². The predicted octanol–water partition coefficient (Wildman–Crippen LogP) is 3.51. The third-order valence-corrected chi connectivity index (χ3v) is 7.07. The molecule has 0 radical (unpaired) electrons. The van der Waals surface area contributed by atoms with Crippen LogP contribution < -0.4 is 0 Å². The zero-order valence-corrected chi connectivity index (χ0v) is 18.4. The number of hydrogen-bond donors (Lipinski definition) is 0. The molecular weight excluding hydrogens is 416 g/mol. The van der Waals surface area contributed by atoms with Crippen LogP contribution in [0.5, 0.6) is 0 Å². The highest BCUT2D eigenvalue weighted by Crippen LogP contribution is 2.38. The van der Waals surface area contributed by atoms with Crippen molar-refractivity contribution >= 4 is 17.7 Å². The fourth-order valence-electron chi connectivity index (χ4n) is 5.11. The van der Waals surface area contributed by atoms with E-state index in [1.807, 2.05) is 34.8 Å². The normalized spacial score (nSPS) is 18.2. The van der Waals surface area contributed by atoms with Crippen LogP contribution in [-0.2, 0) is 13.6 Å². The first kappa shape index (κ1) is 19.9. The largest absolute Gasteiger partial charge is 0.329 e. The summed E-state index contributed by atoms with van der Waals surface area (Å²) in [7, 11) is 1.90. The van der Waals surface area contributed by atoms with Crippen molar-refractivity contribution in [1.82, 2.24) is 19.6 Å². The smallest absolute Gasteiger partial charge is 0.261 e. The number of carbonyl (C=O) groups excluding carboxylic acids is 3. The van der Waals surface area contributed by atoms with Gasteiger partial charge in [-0.3, -0.25) is 24.0 Å². The lowest BCUT2D eigenvalue weighted by molar-refractivity contribution is 0.0514. The molecule has 1 saturated carbocycles. The molecule has 2 aromatic carbocycles. The number of amides is 3. The van der Waals surface area contributed by atoms with Gasteiger partial charge >= 0.3 is 0 Å². The van der Waals surface area contributed by atoms with Gasteiger partial charge in [-0.05, 0) is 48.2 Å². The molecule has 0 bridgehead atoms. The number of aryl methyl sites for hydroxylation is 1. The lowest BCUT2D eigenvalue weighted by Gasteiger charge is -2.31. The van der Waals surface area contributed by atoms with Gasteiger partial charge in [-0.15, -0.1) is 0 Å². The molecule has 0 spiro atoms. The summed E-state index contributed by atoms with van der Waals surface area (Å²) in [4.78, 5) is 42.5. The highest BCUT2D eigenvalue weighted by atomic mass is 16.2. The van der Waals surface area contributed by atoms with Gasteiger partial charge in [0.2, 0.25) is 0 Å². The Morgan fingerprint density at radius 1 is 0.939 bits per heavy atom. The molecule has 1 aliphatic carbocycles. The van der Waals surface area contributed by atoms with E-state index in [0.717, 1.165) is 36.1 Å². The van der Waals surface area contributed by atoms with Crippen LogP contribution in [0.1, 0.15) is 55.9 Å². The molecule has 2 aliphatic heterocycles. The van der Waals surface area contributed by atoms with Gasteiger partial charge in [-0.2, -0.15) is 5.10 Å². The van der Waals surface area contributed by atoms with Crippen LogP contribution in [0.4, 0.5) is 0 Å². The number of nitrogens with zero attached hydrogens (tertiary/aromatic N) is 4. The quantitative estimate of drug-likeness (QED) is 0.550. The third-order valence-electron chi connectivity index (χ3n) is 7.07. The third kappa shape index (κ3) is 3.26. The summed E-state index contributed by atoms with van der Waals surface area (Å²) in [6.45, 7) is 0.720. The maximum atomic E-state index is 13.4. The fraction of sp³-hybridized carbons (Fsp3) is 0.308. The molecule has 3 aromatic rings. The predicted molar refractivity (Wildman–Crippen MR) is 121 cm³/mol. The van der Waals surface area contributed by atoms with Crippen molar-refractivity contribution < 1.29 is 14.4 Å². The number of aromatic nitrogens is 2. The molecule has 3 aliphatic rings. The number of hydrogen-bond acceptors (Lipinski definition) is 4. The van der Waals surface area contributed by atoms with Gasteiger partial charge in [0.25, 0.3) is 17.7 Å². The topological polar surface area (TPSA) is 75.5 Å². The molecule has 0 N–H and O–H groups in total. The maximum absolute atomic E-state index is 13.4. The minimum atomic E-state index is -0.265. The van der Waals surface area contributed by atoms with Crippen LogP contribution in [0.3, 0.4) is 0 Å². The lowest BCUT2D eigenvalue weighted by atomic mass is 10.0. The minimum absolute atomic E-state index is 0.0242. The van der Waals surface area contributed by atoms with Crippen molar-refractivity contribution in [3.8, 4) is 11.3 Å². The maximum Gasteiger partial charge on any atom is 0.261 e. The number of rotatable bonds is 6. The zero-order valence-electron chi connectivity index (χ0n) is 18.4. The number of imide groups is 1. The van der Waals surface area contributed by atoms with E-state index in [2.05, 4.69) is 11.2 Å². The average Bonchev–Trinajstić information content (AvgIpc) is 3.37. The first-order valence-corrected chi connectivity index (χ1v) is 11.4. The molecule has 166 valence electrons. The minimum Gasteiger partial charge on any atom is -0.329 e. The van der Waals surface area contributed by atoms with E-state index in [1.165, 1.54) is 4.90 Å². The standard InChI is InChI=1S/C26H24N4O3/c1-28-23(10-11-27-28)17-8-9-20-18(13-17)14-29(24(20)31)19(12-16-6-7-16)15-30-25(32)21-4-2-3-5-22(21)26(30)33/h2-5,8-11,13,16,19H,6-7,12,14-15H2,1H3/t19-/m1/s1. The molecular formula is C26H24N4O3. The second-order valence-electron chi connectivity index (χ2n) is 9.24. The van der Waals surface area contributed by atoms with Gasteiger partial charge < -0.3 is 4.90 Å². The molecule has 1 atom stereocenters. The molecule has 1 aromatic heterocycles. The first-order valence-electron chi connectivity index (χ1n) is 11.4.